The van der Waals surface area contributed by atoms with Crippen molar-refractivity contribution in [2.75, 3.05) is 0 Å². The van der Waals surface area contributed by atoms with E-state index in [-0.39, 0.29) is 24.5 Å². The zero-order valence-electron chi connectivity index (χ0n) is 13.3. The second-order valence-corrected chi connectivity index (χ2v) is 7.76. The van der Waals surface area contributed by atoms with Gasteiger partial charge in [0.2, 0.25) is 0 Å². The van der Waals surface area contributed by atoms with Gasteiger partial charge in [0.15, 0.2) is 0 Å². The molecule has 124 valence electrons. The fourth-order valence-electron chi connectivity index (χ4n) is 2.25. The lowest BCUT2D eigenvalue weighted by atomic mass is 9.92. The number of hydrogen-bond donors (Lipinski definition) is 2. The summed E-state index contributed by atoms with van der Waals surface area (Å²) >= 11 is 0. The van der Waals surface area contributed by atoms with Gasteiger partial charge >= 0.3 is 0 Å². The predicted molar refractivity (Wildman–Crippen MR) is 87.2 cm³/mol. The molecule has 0 saturated carbocycles. The number of hydrogen-bond acceptors (Lipinski definition) is 4. The monoisotopic (exact) mass is 327 g/mol. The maximum absolute atomic E-state index is 12.1. The molecule has 22 heavy (non-hydrogen) atoms. The first-order chi connectivity index (χ1) is 10.1. The maximum Gasteiger partial charge on any atom is 0.280 e. The Morgan fingerprint density at radius 1 is 1.18 bits per heavy atom. The Bertz CT molecular complexity index is 593. The van der Waals surface area contributed by atoms with Gasteiger partial charge in [-0.3, -0.25) is 9.35 Å². The third kappa shape index (κ3) is 5.87. The minimum Gasteiger partial charge on any atom is -0.313 e. The summed E-state index contributed by atoms with van der Waals surface area (Å²) in [6.45, 7) is 6.09. The highest BCUT2D eigenvalue weighted by atomic mass is 32.2. The number of carbonyl (C=O) groups excluding carboxylic acids is 1. The van der Waals surface area contributed by atoms with Crippen LogP contribution >= 0.6 is 0 Å². The van der Waals surface area contributed by atoms with Gasteiger partial charge in [0.05, 0.1) is 0 Å². The molecule has 0 spiro atoms. The van der Waals surface area contributed by atoms with E-state index in [0.717, 1.165) is 12.0 Å². The van der Waals surface area contributed by atoms with Crippen LogP contribution in [0.15, 0.2) is 24.3 Å². The van der Waals surface area contributed by atoms with Crippen molar-refractivity contribution in [1.82, 2.24) is 0 Å². The van der Waals surface area contributed by atoms with Crippen molar-refractivity contribution in [3.8, 4) is 0 Å². The summed E-state index contributed by atoms with van der Waals surface area (Å²) in [5.74, 6) is 0.171. The molecule has 5 nitrogen and oxygen atoms in total. The summed E-state index contributed by atoms with van der Waals surface area (Å²) in [5.41, 5.74) is 7.44. The topological polar surface area (TPSA) is 97.5 Å². The molecule has 0 aliphatic carbocycles. The molecular formula is C16H25NO4S. The molecule has 0 aliphatic rings. The van der Waals surface area contributed by atoms with Gasteiger partial charge in [0, 0.05) is 12.3 Å². The quantitative estimate of drug-likeness (QED) is 0.715. The van der Waals surface area contributed by atoms with Crippen LogP contribution in [0.1, 0.15) is 50.7 Å². The molecule has 0 fully saturated rings. The second kappa shape index (κ2) is 7.85. The Labute approximate surface area is 132 Å². The number of nitrogens with two attached hydrogens (primary N) is 1. The van der Waals surface area contributed by atoms with Crippen LogP contribution < -0.4 is 5.73 Å². The fraction of sp³-hybridized carbons (Fsp3) is 0.562. The average Bonchev–Trinajstić information content (AvgIpc) is 2.42. The van der Waals surface area contributed by atoms with Crippen LogP contribution in [-0.2, 0) is 21.3 Å². The molecule has 0 bridgehead atoms. The summed E-state index contributed by atoms with van der Waals surface area (Å²) in [5, 5.41) is -1.41. The van der Waals surface area contributed by atoms with E-state index >= 15 is 0 Å². The Balaban J connectivity index is 2.63. The number of rotatable bonds is 8. The van der Waals surface area contributed by atoms with Crippen molar-refractivity contribution in [2.24, 2.45) is 11.7 Å². The molecule has 1 aromatic carbocycles. The summed E-state index contributed by atoms with van der Waals surface area (Å²) in [6.07, 6.45) is 0.940. The van der Waals surface area contributed by atoms with Gasteiger partial charge < -0.3 is 5.73 Å². The summed E-state index contributed by atoms with van der Waals surface area (Å²) in [6, 6.07) is 7.90. The molecule has 1 aromatic rings. The highest BCUT2D eigenvalue weighted by Gasteiger charge is 2.21. The van der Waals surface area contributed by atoms with Crippen molar-refractivity contribution in [1.29, 1.82) is 0 Å². The van der Waals surface area contributed by atoms with Crippen LogP contribution in [0.25, 0.3) is 0 Å². The summed E-state index contributed by atoms with van der Waals surface area (Å²) in [4.78, 5) is 12.1. The van der Waals surface area contributed by atoms with E-state index in [1.54, 1.807) is 6.92 Å². The Morgan fingerprint density at radius 2 is 1.73 bits per heavy atom. The van der Waals surface area contributed by atoms with E-state index in [1.807, 2.05) is 24.3 Å². The van der Waals surface area contributed by atoms with Crippen LogP contribution in [-0.4, -0.2) is 24.1 Å². The molecule has 0 heterocycles. The van der Waals surface area contributed by atoms with Crippen molar-refractivity contribution in [3.63, 3.8) is 0 Å². The number of ketones is 1. The van der Waals surface area contributed by atoms with Gasteiger partial charge in [0.25, 0.3) is 10.1 Å². The van der Waals surface area contributed by atoms with Crippen molar-refractivity contribution >= 4 is 15.9 Å². The lowest BCUT2D eigenvalue weighted by Gasteiger charge is -2.13. The molecule has 0 radical (unpaired) electrons. The van der Waals surface area contributed by atoms with E-state index in [1.165, 1.54) is 5.56 Å². The van der Waals surface area contributed by atoms with Gasteiger partial charge in [-0.25, -0.2) is 0 Å². The fourth-order valence-corrected chi connectivity index (χ4v) is 2.67. The van der Waals surface area contributed by atoms with Gasteiger partial charge in [-0.2, -0.15) is 8.42 Å². The molecule has 3 N–H and O–H groups in total. The molecule has 6 heteroatoms. The van der Waals surface area contributed by atoms with Crippen molar-refractivity contribution in [2.45, 2.75) is 51.3 Å². The lowest BCUT2D eigenvalue weighted by molar-refractivity contribution is -0.120. The van der Waals surface area contributed by atoms with Crippen molar-refractivity contribution in [3.05, 3.63) is 35.4 Å². The Morgan fingerprint density at radius 3 is 2.18 bits per heavy atom. The predicted octanol–water partition coefficient (Wildman–Crippen LogP) is 2.51. The van der Waals surface area contributed by atoms with E-state index in [4.69, 9.17) is 10.3 Å². The first kappa shape index (κ1) is 18.8. The first-order valence-corrected chi connectivity index (χ1v) is 8.95. The molecule has 2 atom stereocenters. The highest BCUT2D eigenvalue weighted by molar-refractivity contribution is 7.86. The largest absolute Gasteiger partial charge is 0.313 e. The number of benzene rings is 1. The first-order valence-electron chi connectivity index (χ1n) is 7.44. The van der Waals surface area contributed by atoms with E-state index < -0.39 is 15.5 Å². The highest BCUT2D eigenvalue weighted by Crippen LogP contribution is 2.20. The van der Waals surface area contributed by atoms with Crippen LogP contribution in [0, 0.1) is 5.92 Å². The van der Waals surface area contributed by atoms with Gasteiger partial charge in [-0.15, -0.1) is 0 Å². The average molecular weight is 327 g/mol. The van der Waals surface area contributed by atoms with Crippen LogP contribution in [0.4, 0.5) is 0 Å². The molecule has 0 saturated heterocycles. The van der Waals surface area contributed by atoms with Crippen LogP contribution in [0.2, 0.25) is 0 Å². The second-order valence-electron chi connectivity index (χ2n) is 6.12. The zero-order valence-corrected chi connectivity index (χ0v) is 14.1. The molecule has 1 rings (SSSR count). The number of carbonyl (C=O) groups is 1. The third-order valence-corrected chi connectivity index (χ3v) is 4.67. The Hall–Kier alpha value is -1.24. The van der Waals surface area contributed by atoms with Gasteiger partial charge in [-0.05, 0) is 29.9 Å². The van der Waals surface area contributed by atoms with Crippen molar-refractivity contribution < 1.29 is 17.8 Å². The standard InChI is InChI=1S/C16H25NO4S/c1-11(2)10-13-4-6-14(7-5-13)12(3)15(18)8-9-16(17)22(19,20)21/h4-7,11-12,16H,8-10,17H2,1-3H3,(H,19,20,21). The zero-order chi connectivity index (χ0) is 16.9. The minimum absolute atomic E-state index is 0.0237. The van der Waals surface area contributed by atoms with E-state index in [2.05, 4.69) is 13.8 Å². The molecule has 0 amide bonds. The van der Waals surface area contributed by atoms with Crippen LogP contribution in [0.3, 0.4) is 0 Å². The van der Waals surface area contributed by atoms with Gasteiger partial charge in [-0.1, -0.05) is 45.0 Å². The lowest BCUT2D eigenvalue weighted by Crippen LogP contribution is -2.30. The van der Waals surface area contributed by atoms with Crippen LogP contribution in [0.5, 0.6) is 0 Å². The smallest absolute Gasteiger partial charge is 0.280 e. The maximum atomic E-state index is 12.1. The molecule has 0 aromatic heterocycles. The van der Waals surface area contributed by atoms with Gasteiger partial charge in [0.1, 0.15) is 11.2 Å². The SMILES string of the molecule is CC(C)Cc1ccc(C(C)C(=O)CCC(N)S(=O)(=O)O)cc1. The summed E-state index contributed by atoms with van der Waals surface area (Å²) in [7, 11) is -4.28. The minimum atomic E-state index is -4.28. The molecular weight excluding hydrogens is 302 g/mol. The summed E-state index contributed by atoms with van der Waals surface area (Å²) < 4.78 is 30.4. The normalized spacial score (nSPS) is 14.8. The molecule has 0 aliphatic heterocycles. The van der Waals surface area contributed by atoms with E-state index in [9.17, 15) is 13.2 Å². The van der Waals surface area contributed by atoms with E-state index in [0.29, 0.717) is 5.92 Å². The molecule has 2 unspecified atom stereocenters. The number of Topliss-reactive ketones (excluding diaryl/α,β-unsaturated/α-hetero) is 1. The Kier molecular flexibility index (Phi) is 6.71. The third-order valence-electron chi connectivity index (χ3n) is 3.66.